The van der Waals surface area contributed by atoms with Gasteiger partial charge in [0.1, 0.15) is 0 Å². The van der Waals surface area contributed by atoms with Crippen molar-refractivity contribution >= 4 is 17.7 Å². The average molecular weight is 212 g/mol. The van der Waals surface area contributed by atoms with E-state index in [1.807, 2.05) is 0 Å². The summed E-state index contributed by atoms with van der Waals surface area (Å²) in [6.07, 6.45) is 2.01. The number of hydrogen-bond acceptors (Lipinski definition) is 4. The largest absolute Gasteiger partial charge is 0.463 e. The lowest BCUT2D eigenvalue weighted by Crippen LogP contribution is -2.16. The van der Waals surface area contributed by atoms with Gasteiger partial charge in [0, 0.05) is 12.2 Å². The number of esters is 2. The molecule has 0 radical (unpaired) electrons. The molecule has 82 valence electrons. The Morgan fingerprint density at radius 1 is 1.20 bits per heavy atom. The molecule has 0 aromatic rings. The molecule has 15 heavy (non-hydrogen) atoms. The summed E-state index contributed by atoms with van der Waals surface area (Å²) in [5, 5.41) is 0. The molecule has 0 aliphatic carbocycles. The highest BCUT2D eigenvalue weighted by molar-refractivity contribution is 6.39. The summed E-state index contributed by atoms with van der Waals surface area (Å²) in [4.78, 5) is 24.6. The second-order valence-corrected chi connectivity index (χ2v) is 2.29. The van der Waals surface area contributed by atoms with Crippen molar-refractivity contribution in [2.45, 2.75) is 13.8 Å². The molecule has 0 aromatic heterocycles. The highest BCUT2D eigenvalue weighted by Gasteiger charge is 2.18. The summed E-state index contributed by atoms with van der Waals surface area (Å²) in [6.45, 7) is 3.65. The van der Waals surface area contributed by atoms with Crippen LogP contribution in [0.25, 0.3) is 5.53 Å². The first kappa shape index (κ1) is 13.1. The quantitative estimate of drug-likeness (QED) is 0.216. The minimum absolute atomic E-state index is 0.158. The summed E-state index contributed by atoms with van der Waals surface area (Å²) in [5.74, 6) is -1.43. The molecule has 0 unspecified atom stereocenters. The van der Waals surface area contributed by atoms with Gasteiger partial charge in [-0.2, -0.15) is 4.79 Å². The van der Waals surface area contributed by atoms with Crippen LogP contribution in [0.4, 0.5) is 0 Å². The van der Waals surface area contributed by atoms with Gasteiger partial charge in [0.15, 0.2) is 0 Å². The lowest BCUT2D eigenvalue weighted by molar-refractivity contribution is -0.139. The number of hydrogen-bond donors (Lipinski definition) is 0. The predicted octanol–water partition coefficient (Wildman–Crippen LogP) is 0.340. The molecular formula is C9H12N2O4. The van der Waals surface area contributed by atoms with E-state index in [0.717, 1.165) is 12.2 Å². The van der Waals surface area contributed by atoms with Crippen molar-refractivity contribution in [1.29, 1.82) is 0 Å². The number of ether oxygens (including phenoxy) is 2. The average Bonchev–Trinajstić information content (AvgIpc) is 2.19. The maximum atomic E-state index is 11.0. The normalized spacial score (nSPS) is 9.47. The van der Waals surface area contributed by atoms with Gasteiger partial charge in [-0.1, -0.05) is 0 Å². The summed E-state index contributed by atoms with van der Waals surface area (Å²) >= 11 is 0. The van der Waals surface area contributed by atoms with E-state index in [1.54, 1.807) is 13.8 Å². The van der Waals surface area contributed by atoms with Gasteiger partial charge in [0.05, 0.1) is 13.2 Å². The van der Waals surface area contributed by atoms with Crippen molar-refractivity contribution in [3.8, 4) is 0 Å². The van der Waals surface area contributed by atoms with Crippen LogP contribution in [0, 0.1) is 0 Å². The van der Waals surface area contributed by atoms with Gasteiger partial charge in [-0.15, -0.1) is 0 Å². The van der Waals surface area contributed by atoms with E-state index in [-0.39, 0.29) is 18.9 Å². The van der Waals surface area contributed by atoms with Gasteiger partial charge in [-0.05, 0) is 13.8 Å². The molecule has 0 saturated heterocycles. The van der Waals surface area contributed by atoms with Crippen molar-refractivity contribution in [3.63, 3.8) is 0 Å². The molecule has 0 saturated carbocycles. The zero-order chi connectivity index (χ0) is 11.7. The highest BCUT2D eigenvalue weighted by Crippen LogP contribution is 1.87. The third-order valence-electron chi connectivity index (χ3n) is 1.26. The zero-order valence-corrected chi connectivity index (χ0v) is 8.60. The lowest BCUT2D eigenvalue weighted by atomic mass is 10.3. The number of nitrogens with zero attached hydrogens (tertiary/aromatic N) is 2. The smallest absolute Gasteiger partial charge is 0.421 e. The van der Waals surface area contributed by atoms with Crippen molar-refractivity contribution in [2.24, 2.45) is 0 Å². The van der Waals surface area contributed by atoms with E-state index in [2.05, 4.69) is 14.3 Å². The van der Waals surface area contributed by atoms with Crippen molar-refractivity contribution in [2.75, 3.05) is 13.2 Å². The van der Waals surface area contributed by atoms with Crippen LogP contribution in [-0.4, -0.2) is 35.7 Å². The topological polar surface area (TPSA) is 89.0 Å². The lowest BCUT2D eigenvalue weighted by Gasteiger charge is -1.94. The van der Waals surface area contributed by atoms with Crippen LogP contribution in [0.5, 0.6) is 0 Å². The predicted molar refractivity (Wildman–Crippen MR) is 51.0 cm³/mol. The summed E-state index contributed by atoms with van der Waals surface area (Å²) in [6, 6.07) is 0. The van der Waals surface area contributed by atoms with Crippen molar-refractivity contribution in [1.82, 2.24) is 0 Å². The Morgan fingerprint density at radius 3 is 2.27 bits per heavy atom. The van der Waals surface area contributed by atoms with E-state index < -0.39 is 11.9 Å². The molecule has 0 amide bonds. The molecule has 0 fully saturated rings. The van der Waals surface area contributed by atoms with Crippen LogP contribution in [0.3, 0.4) is 0 Å². The highest BCUT2D eigenvalue weighted by atomic mass is 16.5. The molecule has 0 aliphatic heterocycles. The van der Waals surface area contributed by atoms with E-state index >= 15 is 0 Å². The molecule has 0 aromatic carbocycles. The second kappa shape index (κ2) is 7.46. The molecule has 0 spiro atoms. The zero-order valence-electron chi connectivity index (χ0n) is 8.60. The summed E-state index contributed by atoms with van der Waals surface area (Å²) in [7, 11) is 0. The van der Waals surface area contributed by atoms with Gasteiger partial charge in [0.25, 0.3) is 0 Å². The van der Waals surface area contributed by atoms with Crippen LogP contribution in [0.2, 0.25) is 0 Å². The Hall–Kier alpha value is -1.94. The van der Waals surface area contributed by atoms with Crippen LogP contribution in [0.15, 0.2) is 12.2 Å². The molecule has 0 heterocycles. The van der Waals surface area contributed by atoms with Crippen LogP contribution in [-0.2, 0) is 19.1 Å². The Labute approximate surface area is 87.1 Å². The van der Waals surface area contributed by atoms with E-state index in [4.69, 9.17) is 5.53 Å². The maximum Gasteiger partial charge on any atom is 0.421 e. The minimum Gasteiger partial charge on any atom is -0.463 e. The van der Waals surface area contributed by atoms with Crippen LogP contribution < -0.4 is 0 Å². The molecule has 0 bridgehead atoms. The first-order chi connectivity index (χ1) is 7.15. The molecule has 6 heteroatoms. The van der Waals surface area contributed by atoms with Crippen LogP contribution in [0.1, 0.15) is 13.8 Å². The standard InChI is InChI=1S/C9H12N2O4/c1-3-14-8(12)6-5-7(11-10)9(13)15-4-2/h5-6H,3-4H2,1-2H3/b6-5+. The first-order valence-corrected chi connectivity index (χ1v) is 4.39. The molecule has 6 nitrogen and oxygen atoms in total. The van der Waals surface area contributed by atoms with Gasteiger partial charge in [-0.25, -0.2) is 9.59 Å². The van der Waals surface area contributed by atoms with Gasteiger partial charge < -0.3 is 15.0 Å². The van der Waals surface area contributed by atoms with Crippen molar-refractivity contribution < 1.29 is 23.9 Å². The van der Waals surface area contributed by atoms with E-state index in [1.165, 1.54) is 0 Å². The Bertz CT molecular complexity index is 316. The minimum atomic E-state index is -0.805. The number of carbonyl (C=O) groups excluding carboxylic acids is 2. The summed E-state index contributed by atoms with van der Waals surface area (Å²) < 4.78 is 9.12. The van der Waals surface area contributed by atoms with Gasteiger partial charge >= 0.3 is 17.7 Å². The van der Waals surface area contributed by atoms with Crippen molar-refractivity contribution in [3.05, 3.63) is 17.7 Å². The first-order valence-electron chi connectivity index (χ1n) is 4.39. The molecule has 0 rings (SSSR count). The Kier molecular flexibility index (Phi) is 6.50. The Morgan fingerprint density at radius 2 is 1.80 bits per heavy atom. The summed E-state index contributed by atoms with van der Waals surface area (Å²) in [5.41, 5.74) is 8.09. The maximum absolute atomic E-state index is 11.0. The van der Waals surface area contributed by atoms with Crippen LogP contribution >= 0.6 is 0 Å². The Balaban J connectivity index is 4.41. The molecule has 0 N–H and O–H groups in total. The molecule has 0 atom stereocenters. The third kappa shape index (κ3) is 5.38. The monoisotopic (exact) mass is 212 g/mol. The third-order valence-corrected chi connectivity index (χ3v) is 1.26. The fraction of sp³-hybridized carbons (Fsp3) is 0.444. The second-order valence-electron chi connectivity index (χ2n) is 2.29. The van der Waals surface area contributed by atoms with Gasteiger partial charge in [-0.3, -0.25) is 0 Å². The van der Waals surface area contributed by atoms with E-state index in [9.17, 15) is 9.59 Å². The molecule has 0 aliphatic rings. The van der Waals surface area contributed by atoms with E-state index in [0.29, 0.717) is 0 Å². The fourth-order valence-corrected chi connectivity index (χ4v) is 0.685. The fourth-order valence-electron chi connectivity index (χ4n) is 0.685. The molecular weight excluding hydrogens is 200 g/mol. The number of carbonyl (C=O) groups is 2. The number of rotatable bonds is 5. The van der Waals surface area contributed by atoms with Gasteiger partial charge in [0.2, 0.25) is 0 Å². The SMILES string of the molecule is CCOC(=O)/C=C/C(=[N+]=[N-])C(=O)OCC.